The van der Waals surface area contributed by atoms with Crippen molar-refractivity contribution in [1.29, 1.82) is 0 Å². The molecule has 1 aromatic heterocycles. The maximum atomic E-state index is 12.0. The van der Waals surface area contributed by atoms with Crippen LogP contribution >= 0.6 is 0 Å². The number of carboxylic acids is 1. The normalized spacial score (nSPS) is 23.6. The van der Waals surface area contributed by atoms with Crippen LogP contribution in [0.3, 0.4) is 0 Å². The van der Waals surface area contributed by atoms with Gasteiger partial charge >= 0.3 is 5.97 Å². The lowest BCUT2D eigenvalue weighted by Crippen LogP contribution is -2.39. The molecule has 1 fully saturated rings. The molecule has 1 aliphatic rings. The second kappa shape index (κ2) is 5.71. The fourth-order valence-corrected chi connectivity index (χ4v) is 2.46. The molecule has 1 aliphatic carbocycles. The first kappa shape index (κ1) is 12.7. The molecule has 0 bridgehead atoms. The van der Waals surface area contributed by atoms with Crippen molar-refractivity contribution < 1.29 is 19.1 Å². The van der Waals surface area contributed by atoms with Gasteiger partial charge in [0.15, 0.2) is 0 Å². The van der Waals surface area contributed by atoms with Crippen molar-refractivity contribution in [1.82, 2.24) is 5.32 Å². The van der Waals surface area contributed by atoms with Crippen LogP contribution in [-0.2, 0) is 16.1 Å². The van der Waals surface area contributed by atoms with Gasteiger partial charge in [0.05, 0.1) is 24.6 Å². The summed E-state index contributed by atoms with van der Waals surface area (Å²) < 4.78 is 5.11. The molecule has 0 spiro atoms. The molecule has 5 heteroatoms. The molecule has 5 nitrogen and oxygen atoms in total. The number of furan rings is 1. The van der Waals surface area contributed by atoms with Crippen molar-refractivity contribution >= 4 is 11.9 Å². The van der Waals surface area contributed by atoms with Gasteiger partial charge in [-0.15, -0.1) is 0 Å². The third kappa shape index (κ3) is 2.91. The Balaban J connectivity index is 1.92. The van der Waals surface area contributed by atoms with Crippen LogP contribution in [0.4, 0.5) is 0 Å². The molecule has 0 radical (unpaired) electrons. The molecule has 98 valence electrons. The lowest BCUT2D eigenvalue weighted by atomic mass is 9.79. The van der Waals surface area contributed by atoms with Crippen LogP contribution < -0.4 is 5.32 Å². The Morgan fingerprint density at radius 3 is 2.67 bits per heavy atom. The van der Waals surface area contributed by atoms with Crippen LogP contribution in [0.5, 0.6) is 0 Å². The molecule has 0 aromatic carbocycles. The summed E-state index contributed by atoms with van der Waals surface area (Å²) in [4.78, 5) is 23.1. The minimum Gasteiger partial charge on any atom is -0.481 e. The Kier molecular flexibility index (Phi) is 4.02. The van der Waals surface area contributed by atoms with Gasteiger partial charge in [-0.25, -0.2) is 0 Å². The van der Waals surface area contributed by atoms with Gasteiger partial charge in [-0.3, -0.25) is 9.59 Å². The Morgan fingerprint density at radius 2 is 2.06 bits per heavy atom. The molecule has 2 unspecified atom stereocenters. The molecule has 1 aromatic rings. The highest BCUT2D eigenvalue weighted by molar-refractivity contribution is 5.84. The molecular weight excluding hydrogens is 234 g/mol. The highest BCUT2D eigenvalue weighted by Crippen LogP contribution is 2.30. The predicted octanol–water partition coefficient (Wildman–Crippen LogP) is 1.79. The molecular formula is C13H17NO4. The molecule has 0 aliphatic heterocycles. The van der Waals surface area contributed by atoms with Crippen LogP contribution in [0.2, 0.25) is 0 Å². The average molecular weight is 251 g/mol. The second-order valence-electron chi connectivity index (χ2n) is 4.63. The van der Waals surface area contributed by atoms with E-state index >= 15 is 0 Å². The molecule has 2 atom stereocenters. The van der Waals surface area contributed by atoms with Gasteiger partial charge in [0.1, 0.15) is 5.76 Å². The fourth-order valence-electron chi connectivity index (χ4n) is 2.46. The van der Waals surface area contributed by atoms with E-state index in [9.17, 15) is 9.59 Å². The number of aliphatic carboxylic acids is 1. The maximum Gasteiger partial charge on any atom is 0.307 e. The van der Waals surface area contributed by atoms with Gasteiger partial charge in [0.25, 0.3) is 0 Å². The van der Waals surface area contributed by atoms with Crippen molar-refractivity contribution in [2.75, 3.05) is 0 Å². The van der Waals surface area contributed by atoms with Crippen molar-refractivity contribution in [2.45, 2.75) is 32.2 Å². The quantitative estimate of drug-likeness (QED) is 0.855. The van der Waals surface area contributed by atoms with Crippen LogP contribution in [0, 0.1) is 11.8 Å². The van der Waals surface area contributed by atoms with E-state index in [1.54, 1.807) is 18.4 Å². The summed E-state index contributed by atoms with van der Waals surface area (Å²) in [7, 11) is 0. The van der Waals surface area contributed by atoms with Crippen molar-refractivity contribution in [3.63, 3.8) is 0 Å². The van der Waals surface area contributed by atoms with Gasteiger partial charge in [0.2, 0.25) is 5.91 Å². The van der Waals surface area contributed by atoms with Gasteiger partial charge < -0.3 is 14.8 Å². The Labute approximate surface area is 105 Å². The smallest absolute Gasteiger partial charge is 0.307 e. The van der Waals surface area contributed by atoms with Gasteiger partial charge in [0, 0.05) is 0 Å². The third-order valence-corrected chi connectivity index (χ3v) is 3.44. The number of hydrogen-bond acceptors (Lipinski definition) is 3. The van der Waals surface area contributed by atoms with Crippen LogP contribution in [0.1, 0.15) is 31.4 Å². The van der Waals surface area contributed by atoms with E-state index in [-0.39, 0.29) is 5.91 Å². The van der Waals surface area contributed by atoms with Crippen molar-refractivity contribution in [3.8, 4) is 0 Å². The molecule has 1 saturated carbocycles. The molecule has 2 N–H and O–H groups in total. The molecule has 18 heavy (non-hydrogen) atoms. The summed E-state index contributed by atoms with van der Waals surface area (Å²) in [5.41, 5.74) is 0. The van der Waals surface area contributed by atoms with Crippen molar-refractivity contribution in [3.05, 3.63) is 24.2 Å². The first-order valence-corrected chi connectivity index (χ1v) is 6.21. The molecule has 0 saturated heterocycles. The van der Waals surface area contributed by atoms with E-state index in [2.05, 4.69) is 5.32 Å². The maximum absolute atomic E-state index is 12.0. The molecule has 2 rings (SSSR count). The summed E-state index contributed by atoms with van der Waals surface area (Å²) in [6.45, 7) is 0.314. The number of nitrogens with one attached hydrogen (secondary N) is 1. The average Bonchev–Trinajstić information content (AvgIpc) is 2.89. The zero-order valence-electron chi connectivity index (χ0n) is 10.1. The van der Waals surface area contributed by atoms with Gasteiger partial charge in [-0.2, -0.15) is 0 Å². The van der Waals surface area contributed by atoms with Gasteiger partial charge in [-0.1, -0.05) is 12.8 Å². The first-order chi connectivity index (χ1) is 8.68. The summed E-state index contributed by atoms with van der Waals surface area (Å²) in [5, 5.41) is 11.9. The number of amides is 1. The molecule has 1 amide bonds. The zero-order chi connectivity index (χ0) is 13.0. The van der Waals surface area contributed by atoms with E-state index in [4.69, 9.17) is 9.52 Å². The Bertz CT molecular complexity index is 413. The summed E-state index contributed by atoms with van der Waals surface area (Å²) >= 11 is 0. The third-order valence-electron chi connectivity index (χ3n) is 3.44. The lowest BCUT2D eigenvalue weighted by molar-refractivity contribution is -0.149. The van der Waals surface area contributed by atoms with Crippen LogP contribution in [-0.4, -0.2) is 17.0 Å². The standard InChI is InChI=1S/C13H17NO4/c15-12(14-8-9-4-3-7-18-9)10-5-1-2-6-11(10)13(16)17/h3-4,7,10-11H,1-2,5-6,8H2,(H,14,15)(H,16,17). The van der Waals surface area contributed by atoms with Crippen LogP contribution in [0.15, 0.2) is 22.8 Å². The summed E-state index contributed by atoms with van der Waals surface area (Å²) in [6, 6.07) is 3.53. The SMILES string of the molecule is O=C(O)C1CCCCC1C(=O)NCc1ccco1. The number of rotatable bonds is 4. The number of carboxylic acid groups (broad SMARTS) is 1. The highest BCUT2D eigenvalue weighted by Gasteiger charge is 2.35. The second-order valence-corrected chi connectivity index (χ2v) is 4.63. The highest BCUT2D eigenvalue weighted by atomic mass is 16.4. The lowest BCUT2D eigenvalue weighted by Gasteiger charge is -2.27. The van der Waals surface area contributed by atoms with Gasteiger partial charge in [-0.05, 0) is 25.0 Å². The van der Waals surface area contributed by atoms with Crippen LogP contribution in [0.25, 0.3) is 0 Å². The number of carbonyl (C=O) groups excluding carboxylic acids is 1. The van der Waals surface area contributed by atoms with E-state index in [0.29, 0.717) is 25.1 Å². The fraction of sp³-hybridized carbons (Fsp3) is 0.538. The minimum absolute atomic E-state index is 0.182. The predicted molar refractivity (Wildman–Crippen MR) is 63.6 cm³/mol. The van der Waals surface area contributed by atoms with E-state index in [1.807, 2.05) is 0 Å². The molecule has 1 heterocycles. The Hall–Kier alpha value is -1.78. The first-order valence-electron chi connectivity index (χ1n) is 6.21. The monoisotopic (exact) mass is 251 g/mol. The van der Waals surface area contributed by atoms with E-state index < -0.39 is 17.8 Å². The number of hydrogen-bond donors (Lipinski definition) is 2. The van der Waals surface area contributed by atoms with E-state index in [0.717, 1.165) is 12.8 Å². The summed E-state index contributed by atoms with van der Waals surface area (Å²) in [5.74, 6) is -1.33. The zero-order valence-corrected chi connectivity index (χ0v) is 10.1. The Morgan fingerprint density at radius 1 is 1.33 bits per heavy atom. The summed E-state index contributed by atoms with van der Waals surface area (Å²) in [6.07, 6.45) is 4.60. The van der Waals surface area contributed by atoms with E-state index in [1.165, 1.54) is 0 Å². The topological polar surface area (TPSA) is 79.5 Å². The minimum atomic E-state index is -0.868. The number of carbonyl (C=O) groups is 2. The van der Waals surface area contributed by atoms with Crippen molar-refractivity contribution in [2.24, 2.45) is 11.8 Å². The largest absolute Gasteiger partial charge is 0.481 e.